The summed E-state index contributed by atoms with van der Waals surface area (Å²) in [5.74, 6) is -0.617. The number of sulfonamides is 2. The minimum atomic E-state index is -3.71. The average Bonchev–Trinajstić information content (AvgIpc) is 2.64. The van der Waals surface area contributed by atoms with E-state index < -0.39 is 26.0 Å². The van der Waals surface area contributed by atoms with Crippen LogP contribution in [0.2, 0.25) is 0 Å². The van der Waals surface area contributed by atoms with Crippen molar-refractivity contribution in [2.24, 2.45) is 0 Å². The number of amides is 1. The highest BCUT2D eigenvalue weighted by Gasteiger charge is 2.24. The van der Waals surface area contributed by atoms with E-state index in [2.05, 4.69) is 10.0 Å². The Labute approximate surface area is 166 Å². The molecule has 1 heterocycles. The normalized spacial score (nSPS) is 16.1. The SMILES string of the molecule is Cc1ccc(C)c(S(=O)(=O)NCCC(=O)NCCS(=O)(=O)N2CCOCC2)c1. The van der Waals surface area contributed by atoms with Gasteiger partial charge in [0.2, 0.25) is 26.0 Å². The molecule has 1 fully saturated rings. The van der Waals surface area contributed by atoms with Crippen LogP contribution < -0.4 is 10.0 Å². The summed E-state index contributed by atoms with van der Waals surface area (Å²) in [6.07, 6.45) is -0.0817. The molecular formula is C17H27N3O6S2. The van der Waals surface area contributed by atoms with Crippen molar-refractivity contribution in [1.29, 1.82) is 0 Å². The Balaban J connectivity index is 1.76. The number of hydrogen-bond acceptors (Lipinski definition) is 6. The molecule has 0 aromatic heterocycles. The zero-order valence-corrected chi connectivity index (χ0v) is 17.7. The maximum absolute atomic E-state index is 12.4. The number of carbonyl (C=O) groups is 1. The van der Waals surface area contributed by atoms with Crippen LogP contribution in [-0.4, -0.2) is 72.2 Å². The van der Waals surface area contributed by atoms with Gasteiger partial charge in [-0.15, -0.1) is 0 Å². The Morgan fingerprint density at radius 1 is 1.11 bits per heavy atom. The van der Waals surface area contributed by atoms with Crippen molar-refractivity contribution < 1.29 is 26.4 Å². The lowest BCUT2D eigenvalue weighted by Gasteiger charge is -2.26. The predicted molar refractivity (Wildman–Crippen MR) is 105 cm³/mol. The third kappa shape index (κ3) is 6.52. The summed E-state index contributed by atoms with van der Waals surface area (Å²) >= 11 is 0. The predicted octanol–water partition coefficient (Wildman–Crippen LogP) is -0.250. The first-order valence-corrected chi connectivity index (χ1v) is 12.1. The van der Waals surface area contributed by atoms with Gasteiger partial charge >= 0.3 is 0 Å². The molecule has 1 aromatic carbocycles. The van der Waals surface area contributed by atoms with Crippen LogP contribution in [0.3, 0.4) is 0 Å². The molecule has 9 nitrogen and oxygen atoms in total. The Hall–Kier alpha value is -1.53. The van der Waals surface area contributed by atoms with Crippen molar-refractivity contribution in [2.45, 2.75) is 25.2 Å². The molecule has 158 valence electrons. The number of hydrogen-bond donors (Lipinski definition) is 2. The summed E-state index contributed by atoms with van der Waals surface area (Å²) in [7, 11) is -7.15. The van der Waals surface area contributed by atoms with Gasteiger partial charge in [0.05, 0.1) is 23.9 Å². The molecular weight excluding hydrogens is 406 g/mol. The van der Waals surface area contributed by atoms with Gasteiger partial charge in [0, 0.05) is 32.6 Å². The van der Waals surface area contributed by atoms with Crippen molar-refractivity contribution in [1.82, 2.24) is 14.3 Å². The van der Waals surface area contributed by atoms with E-state index in [0.717, 1.165) is 5.56 Å². The van der Waals surface area contributed by atoms with Crippen molar-refractivity contribution in [3.63, 3.8) is 0 Å². The zero-order valence-electron chi connectivity index (χ0n) is 16.1. The fourth-order valence-corrected chi connectivity index (χ4v) is 5.42. The van der Waals surface area contributed by atoms with Gasteiger partial charge < -0.3 is 10.1 Å². The second kappa shape index (κ2) is 9.79. The smallest absolute Gasteiger partial charge is 0.240 e. The van der Waals surface area contributed by atoms with Crippen LogP contribution in [0.25, 0.3) is 0 Å². The van der Waals surface area contributed by atoms with Gasteiger partial charge in [0.25, 0.3) is 0 Å². The van der Waals surface area contributed by atoms with E-state index in [1.165, 1.54) is 4.31 Å². The summed E-state index contributed by atoms with van der Waals surface area (Å²) in [5, 5.41) is 2.51. The molecule has 2 N–H and O–H groups in total. The zero-order chi connectivity index (χ0) is 20.8. The number of ether oxygens (including phenoxy) is 1. The summed E-state index contributed by atoms with van der Waals surface area (Å²) in [5.41, 5.74) is 1.45. The maximum Gasteiger partial charge on any atom is 0.240 e. The van der Waals surface area contributed by atoms with Gasteiger partial charge in [-0.3, -0.25) is 4.79 Å². The Bertz CT molecular complexity index is 893. The van der Waals surface area contributed by atoms with Gasteiger partial charge in [0.15, 0.2) is 0 Å². The fourth-order valence-electron chi connectivity index (χ4n) is 2.74. The lowest BCUT2D eigenvalue weighted by molar-refractivity contribution is -0.120. The fraction of sp³-hybridized carbons (Fsp3) is 0.588. The Kier molecular flexibility index (Phi) is 7.96. The van der Waals surface area contributed by atoms with E-state index in [4.69, 9.17) is 4.74 Å². The number of morpholine rings is 1. The second-order valence-electron chi connectivity index (χ2n) is 6.59. The minimum Gasteiger partial charge on any atom is -0.379 e. The van der Waals surface area contributed by atoms with E-state index in [0.29, 0.717) is 31.9 Å². The number of nitrogens with one attached hydrogen (secondary N) is 2. The number of nitrogens with zero attached hydrogens (tertiary/aromatic N) is 1. The minimum absolute atomic E-state index is 0.0255. The molecule has 2 rings (SSSR count). The van der Waals surface area contributed by atoms with E-state index in [9.17, 15) is 21.6 Å². The van der Waals surface area contributed by atoms with E-state index in [1.807, 2.05) is 6.07 Å². The molecule has 1 aliphatic heterocycles. The van der Waals surface area contributed by atoms with Crippen molar-refractivity contribution in [3.8, 4) is 0 Å². The summed E-state index contributed by atoms with van der Waals surface area (Å²) in [4.78, 5) is 12.1. The molecule has 1 amide bonds. The molecule has 0 aliphatic carbocycles. The van der Waals surface area contributed by atoms with E-state index in [1.54, 1.807) is 26.0 Å². The maximum atomic E-state index is 12.4. The topological polar surface area (TPSA) is 122 Å². The first kappa shape index (κ1) is 22.8. The Morgan fingerprint density at radius 2 is 1.79 bits per heavy atom. The number of aryl methyl sites for hydroxylation is 2. The largest absolute Gasteiger partial charge is 0.379 e. The van der Waals surface area contributed by atoms with Crippen LogP contribution in [-0.2, 0) is 29.6 Å². The third-order valence-corrected chi connectivity index (χ3v) is 7.80. The van der Waals surface area contributed by atoms with Crippen LogP contribution in [0.4, 0.5) is 0 Å². The summed E-state index contributed by atoms with van der Waals surface area (Å²) in [6.45, 7) is 4.78. The summed E-state index contributed by atoms with van der Waals surface area (Å²) in [6, 6.07) is 5.13. The average molecular weight is 434 g/mol. The highest BCUT2D eigenvalue weighted by Crippen LogP contribution is 2.16. The van der Waals surface area contributed by atoms with Crippen molar-refractivity contribution in [2.75, 3.05) is 45.1 Å². The molecule has 0 bridgehead atoms. The van der Waals surface area contributed by atoms with Crippen LogP contribution in [0.15, 0.2) is 23.1 Å². The molecule has 0 spiro atoms. The monoisotopic (exact) mass is 433 g/mol. The molecule has 28 heavy (non-hydrogen) atoms. The van der Waals surface area contributed by atoms with Crippen molar-refractivity contribution in [3.05, 3.63) is 29.3 Å². The van der Waals surface area contributed by atoms with Gasteiger partial charge in [-0.25, -0.2) is 21.6 Å². The number of rotatable bonds is 9. The van der Waals surface area contributed by atoms with Crippen LogP contribution in [0.1, 0.15) is 17.5 Å². The molecule has 0 saturated carbocycles. The number of carbonyl (C=O) groups excluding carboxylic acids is 1. The highest BCUT2D eigenvalue weighted by molar-refractivity contribution is 7.89. The quantitative estimate of drug-likeness (QED) is 0.554. The summed E-state index contributed by atoms with van der Waals surface area (Å²) < 4.78 is 57.9. The first-order valence-electron chi connectivity index (χ1n) is 9.01. The molecule has 0 unspecified atom stereocenters. The van der Waals surface area contributed by atoms with Gasteiger partial charge in [-0.05, 0) is 31.0 Å². The molecule has 1 saturated heterocycles. The first-order chi connectivity index (χ1) is 13.1. The lowest BCUT2D eigenvalue weighted by atomic mass is 10.2. The molecule has 0 atom stereocenters. The second-order valence-corrected chi connectivity index (χ2v) is 10.4. The lowest BCUT2D eigenvalue weighted by Crippen LogP contribution is -2.44. The number of benzene rings is 1. The molecule has 1 aliphatic rings. The van der Waals surface area contributed by atoms with Crippen LogP contribution in [0, 0.1) is 13.8 Å². The Morgan fingerprint density at radius 3 is 2.46 bits per heavy atom. The molecule has 0 radical (unpaired) electrons. The van der Waals surface area contributed by atoms with Gasteiger partial charge in [-0.1, -0.05) is 12.1 Å². The van der Waals surface area contributed by atoms with Gasteiger partial charge in [0.1, 0.15) is 0 Å². The van der Waals surface area contributed by atoms with Gasteiger partial charge in [-0.2, -0.15) is 4.31 Å². The van der Waals surface area contributed by atoms with Crippen LogP contribution in [0.5, 0.6) is 0 Å². The van der Waals surface area contributed by atoms with Crippen molar-refractivity contribution >= 4 is 26.0 Å². The third-order valence-electron chi connectivity index (χ3n) is 4.32. The van der Waals surface area contributed by atoms with Crippen LogP contribution >= 0.6 is 0 Å². The highest BCUT2D eigenvalue weighted by atomic mass is 32.2. The molecule has 1 aromatic rings. The van der Waals surface area contributed by atoms with E-state index in [-0.39, 0.29) is 30.2 Å². The standard InChI is InChI=1S/C17H27N3O6S2/c1-14-3-4-15(2)16(13-14)28(24,25)19-6-5-17(21)18-7-12-27(22,23)20-8-10-26-11-9-20/h3-4,13,19H,5-12H2,1-2H3,(H,18,21). The van der Waals surface area contributed by atoms with E-state index >= 15 is 0 Å². The molecule has 11 heteroatoms.